The molecule has 1 aliphatic heterocycles. The first-order valence-corrected chi connectivity index (χ1v) is 4.60. The van der Waals surface area contributed by atoms with Crippen LogP contribution in [0.15, 0.2) is 0 Å². The second-order valence-corrected chi connectivity index (χ2v) is 6.09. The monoisotopic (exact) mass is 186 g/mol. The zero-order valence-corrected chi connectivity index (χ0v) is 7.05. The van der Waals surface area contributed by atoms with Gasteiger partial charge in [0.25, 0.3) is 10.1 Å². The Kier molecular flexibility index (Phi) is 1.75. The van der Waals surface area contributed by atoms with E-state index in [1.807, 2.05) is 0 Å². The van der Waals surface area contributed by atoms with Gasteiger partial charge in [0.15, 0.2) is 3.41 Å². The van der Waals surface area contributed by atoms with Gasteiger partial charge in [0.05, 0.1) is 6.61 Å². The van der Waals surface area contributed by atoms with E-state index in [1.54, 1.807) is 0 Å². The third-order valence-corrected chi connectivity index (χ3v) is 4.34. The van der Waals surface area contributed by atoms with Crippen molar-refractivity contribution in [3.8, 4) is 0 Å². The second kappa shape index (κ2) is 2.05. The molecule has 0 aliphatic carbocycles. The van der Waals surface area contributed by atoms with E-state index in [1.165, 1.54) is 0 Å². The minimum Gasteiger partial charge on any atom is -0.268 e. The number of hydrogen-bond donors (Lipinski definition) is 2. The van der Waals surface area contributed by atoms with Gasteiger partial charge in [-0.1, -0.05) is 0 Å². The summed E-state index contributed by atoms with van der Waals surface area (Å²) in [5.41, 5.74) is 0. The third-order valence-electron chi connectivity index (χ3n) is 1.07. The smallest absolute Gasteiger partial charge is 0.268 e. The van der Waals surface area contributed by atoms with Gasteiger partial charge in [-0.15, -0.1) is 25.3 Å². The lowest BCUT2D eigenvalue weighted by Crippen LogP contribution is -2.19. The average molecular weight is 186 g/mol. The van der Waals surface area contributed by atoms with Crippen LogP contribution < -0.4 is 0 Å². The molecule has 54 valence electrons. The first-order valence-electron chi connectivity index (χ1n) is 2.29. The van der Waals surface area contributed by atoms with Crippen molar-refractivity contribution in [2.75, 3.05) is 6.61 Å². The van der Waals surface area contributed by atoms with Crippen LogP contribution in [-0.4, -0.2) is 18.4 Å². The summed E-state index contributed by atoms with van der Waals surface area (Å²) in [5, 5.41) is 0. The number of hydrogen-bond acceptors (Lipinski definition) is 5. The average Bonchev–Trinajstić information content (AvgIpc) is 1.81. The summed E-state index contributed by atoms with van der Waals surface area (Å²) in [7, 11) is -3.50. The Labute approximate surface area is 64.7 Å². The van der Waals surface area contributed by atoms with E-state index in [-0.39, 0.29) is 6.61 Å². The zero-order chi connectivity index (χ0) is 7.12. The largest absolute Gasteiger partial charge is 0.291 e. The van der Waals surface area contributed by atoms with E-state index in [4.69, 9.17) is 0 Å². The summed E-state index contributed by atoms with van der Waals surface area (Å²) in [6, 6.07) is 0. The van der Waals surface area contributed by atoms with Crippen molar-refractivity contribution in [3.05, 3.63) is 0 Å². The van der Waals surface area contributed by atoms with Gasteiger partial charge in [0, 0.05) is 6.42 Å². The third kappa shape index (κ3) is 1.21. The van der Waals surface area contributed by atoms with E-state index in [0.717, 1.165) is 0 Å². The fraction of sp³-hybridized carbons (Fsp3) is 1.00. The molecule has 0 amide bonds. The molecule has 1 aliphatic rings. The maximum absolute atomic E-state index is 10.7. The SMILES string of the molecule is O=S1(=O)OCCC1(S)S. The fourth-order valence-corrected chi connectivity index (χ4v) is 1.83. The summed E-state index contributed by atoms with van der Waals surface area (Å²) in [4.78, 5) is 0. The van der Waals surface area contributed by atoms with E-state index >= 15 is 0 Å². The van der Waals surface area contributed by atoms with Crippen LogP contribution >= 0.6 is 25.3 Å². The van der Waals surface area contributed by atoms with Crippen LogP contribution in [0.1, 0.15) is 6.42 Å². The molecule has 0 N–H and O–H groups in total. The van der Waals surface area contributed by atoms with Crippen LogP contribution in [0.25, 0.3) is 0 Å². The summed E-state index contributed by atoms with van der Waals surface area (Å²) in [5.74, 6) is 0. The van der Waals surface area contributed by atoms with Gasteiger partial charge in [0.2, 0.25) is 0 Å². The molecule has 0 atom stereocenters. The van der Waals surface area contributed by atoms with Crippen molar-refractivity contribution in [2.45, 2.75) is 9.83 Å². The fourth-order valence-electron chi connectivity index (χ4n) is 0.504. The highest BCUT2D eigenvalue weighted by molar-refractivity contribution is 8.18. The zero-order valence-electron chi connectivity index (χ0n) is 4.44. The first-order chi connectivity index (χ1) is 3.96. The van der Waals surface area contributed by atoms with E-state index < -0.39 is 13.5 Å². The summed E-state index contributed by atoms with van der Waals surface area (Å²) in [6.07, 6.45) is 0.335. The van der Waals surface area contributed by atoms with Gasteiger partial charge < -0.3 is 0 Å². The molecule has 1 fully saturated rings. The number of rotatable bonds is 0. The topological polar surface area (TPSA) is 43.4 Å². The Morgan fingerprint density at radius 1 is 1.44 bits per heavy atom. The van der Waals surface area contributed by atoms with Crippen molar-refractivity contribution in [2.24, 2.45) is 0 Å². The van der Waals surface area contributed by atoms with Crippen LogP contribution in [0.2, 0.25) is 0 Å². The quantitative estimate of drug-likeness (QED) is 0.324. The molecule has 9 heavy (non-hydrogen) atoms. The van der Waals surface area contributed by atoms with Gasteiger partial charge in [0.1, 0.15) is 0 Å². The molecule has 6 heteroatoms. The summed E-state index contributed by atoms with van der Waals surface area (Å²) < 4.78 is 24.5. The molecule has 0 radical (unpaired) electrons. The Morgan fingerprint density at radius 3 is 2.11 bits per heavy atom. The van der Waals surface area contributed by atoms with Crippen LogP contribution in [0.3, 0.4) is 0 Å². The van der Waals surface area contributed by atoms with Gasteiger partial charge >= 0.3 is 0 Å². The van der Waals surface area contributed by atoms with Gasteiger partial charge in [-0.3, -0.25) is 4.18 Å². The Morgan fingerprint density at radius 2 is 2.00 bits per heavy atom. The van der Waals surface area contributed by atoms with Gasteiger partial charge in [-0.05, 0) is 0 Å². The lowest BCUT2D eigenvalue weighted by Gasteiger charge is -2.09. The number of thiol groups is 2. The maximum atomic E-state index is 10.7. The van der Waals surface area contributed by atoms with Crippen molar-refractivity contribution in [3.63, 3.8) is 0 Å². The van der Waals surface area contributed by atoms with E-state index in [9.17, 15) is 8.42 Å². The highest BCUT2D eigenvalue weighted by atomic mass is 32.3. The molecule has 1 heterocycles. The van der Waals surface area contributed by atoms with Crippen LogP contribution in [0, 0.1) is 0 Å². The normalized spacial score (nSPS) is 30.4. The molecule has 3 nitrogen and oxygen atoms in total. The summed E-state index contributed by atoms with van der Waals surface area (Å²) >= 11 is 7.56. The minimum absolute atomic E-state index is 0.190. The molecule has 0 saturated carbocycles. The van der Waals surface area contributed by atoms with Gasteiger partial charge in [-0.2, -0.15) is 8.42 Å². The molecule has 0 bridgehead atoms. The summed E-state index contributed by atoms with van der Waals surface area (Å²) in [6.45, 7) is 0.190. The van der Waals surface area contributed by atoms with Crippen molar-refractivity contribution < 1.29 is 12.6 Å². The molecule has 1 rings (SSSR count). The predicted molar refractivity (Wildman–Crippen MR) is 40.2 cm³/mol. The Bertz CT molecular complexity index is 204. The van der Waals surface area contributed by atoms with Gasteiger partial charge in [-0.25, -0.2) is 0 Å². The second-order valence-electron chi connectivity index (χ2n) is 1.77. The Hall–Kier alpha value is 0.610. The molecular formula is C3H6O3S3. The molecule has 0 aromatic carbocycles. The van der Waals surface area contributed by atoms with Crippen LogP contribution in [-0.2, 0) is 14.3 Å². The van der Waals surface area contributed by atoms with Crippen molar-refractivity contribution in [1.82, 2.24) is 0 Å². The van der Waals surface area contributed by atoms with Crippen LogP contribution in [0.4, 0.5) is 0 Å². The first kappa shape index (κ1) is 7.71. The molecule has 0 aromatic heterocycles. The highest BCUT2D eigenvalue weighted by Crippen LogP contribution is 2.37. The lowest BCUT2D eigenvalue weighted by atomic mass is 10.5. The predicted octanol–water partition coefficient (Wildman–Crippen LogP) is 0.250. The molecule has 0 spiro atoms. The standard InChI is InChI=1S/C3H6O3S3/c4-9(5)3(7,8)1-2-6-9/h7-8H,1-2H2. The van der Waals surface area contributed by atoms with E-state index in [0.29, 0.717) is 6.42 Å². The lowest BCUT2D eigenvalue weighted by molar-refractivity contribution is 0.354. The van der Waals surface area contributed by atoms with E-state index in [2.05, 4.69) is 29.4 Å². The molecular weight excluding hydrogens is 180 g/mol. The van der Waals surface area contributed by atoms with Crippen molar-refractivity contribution in [1.29, 1.82) is 0 Å². The maximum Gasteiger partial charge on any atom is 0.291 e. The molecule has 1 saturated heterocycles. The molecule has 0 aromatic rings. The molecule has 0 unspecified atom stereocenters. The minimum atomic E-state index is -3.50. The van der Waals surface area contributed by atoms with Crippen LogP contribution in [0.5, 0.6) is 0 Å². The Balaban J connectivity index is 3.03. The van der Waals surface area contributed by atoms with Crippen molar-refractivity contribution >= 4 is 35.4 Å². The highest BCUT2D eigenvalue weighted by Gasteiger charge is 2.43.